The Labute approximate surface area is 124 Å². The zero-order valence-corrected chi connectivity index (χ0v) is 11.5. The number of carbonyl (C=O) groups is 2. The fourth-order valence-electron chi connectivity index (χ4n) is 1.74. The van der Waals surface area contributed by atoms with Gasteiger partial charge in [-0.05, 0) is 30.3 Å². The Balaban J connectivity index is 2.37. The van der Waals surface area contributed by atoms with Crippen LogP contribution in [0.4, 0.5) is 5.69 Å². The molecule has 2 aromatic rings. The van der Waals surface area contributed by atoms with E-state index in [2.05, 4.69) is 4.98 Å². The number of hydrogen-bond donors (Lipinski definition) is 2. The van der Waals surface area contributed by atoms with Gasteiger partial charge < -0.3 is 10.1 Å². The lowest BCUT2D eigenvalue weighted by Gasteiger charge is -2.20. The summed E-state index contributed by atoms with van der Waals surface area (Å²) in [4.78, 5) is 37.8. The van der Waals surface area contributed by atoms with Crippen molar-refractivity contribution in [3.8, 4) is 0 Å². The standard InChI is InChI=1S/C14H11ClN2O4/c15-10-2-4-11(5-3-10)17(8-13(19)20)14(21)9-1-6-12(18)16-7-9/h1-7H,8H2,(H,16,18)(H,19,20). The highest BCUT2D eigenvalue weighted by Gasteiger charge is 2.20. The van der Waals surface area contributed by atoms with Crippen LogP contribution in [0.15, 0.2) is 47.4 Å². The molecular formula is C14H11ClN2O4. The van der Waals surface area contributed by atoms with Gasteiger partial charge in [-0.1, -0.05) is 11.6 Å². The van der Waals surface area contributed by atoms with E-state index in [0.717, 1.165) is 4.90 Å². The Bertz CT molecular complexity index is 704. The molecule has 1 aromatic carbocycles. The molecule has 1 heterocycles. The average Bonchev–Trinajstić information content (AvgIpc) is 2.46. The number of nitrogens with one attached hydrogen (secondary N) is 1. The minimum atomic E-state index is -1.15. The van der Waals surface area contributed by atoms with Crippen molar-refractivity contribution in [2.45, 2.75) is 0 Å². The molecule has 1 aromatic heterocycles. The van der Waals surface area contributed by atoms with Crippen molar-refractivity contribution < 1.29 is 14.7 Å². The Kier molecular flexibility index (Phi) is 4.39. The van der Waals surface area contributed by atoms with Gasteiger partial charge in [-0.3, -0.25) is 19.3 Å². The number of nitrogens with zero attached hydrogens (tertiary/aromatic N) is 1. The zero-order valence-electron chi connectivity index (χ0n) is 10.7. The van der Waals surface area contributed by atoms with Crippen LogP contribution in [-0.2, 0) is 4.79 Å². The molecule has 0 radical (unpaired) electrons. The third-order valence-corrected chi connectivity index (χ3v) is 2.96. The number of amides is 1. The van der Waals surface area contributed by atoms with Crippen LogP contribution in [0.1, 0.15) is 10.4 Å². The van der Waals surface area contributed by atoms with Crippen molar-refractivity contribution in [2.24, 2.45) is 0 Å². The first-order valence-corrected chi connectivity index (χ1v) is 6.33. The normalized spacial score (nSPS) is 10.1. The Morgan fingerprint density at radius 3 is 2.33 bits per heavy atom. The van der Waals surface area contributed by atoms with E-state index in [0.29, 0.717) is 10.7 Å². The highest BCUT2D eigenvalue weighted by molar-refractivity contribution is 6.30. The van der Waals surface area contributed by atoms with Crippen molar-refractivity contribution in [3.63, 3.8) is 0 Å². The molecule has 0 aliphatic heterocycles. The number of carbonyl (C=O) groups excluding carboxylic acids is 1. The Hall–Kier alpha value is -2.60. The number of carboxylic acid groups (broad SMARTS) is 1. The summed E-state index contributed by atoms with van der Waals surface area (Å²) >= 11 is 5.78. The van der Waals surface area contributed by atoms with Gasteiger partial charge in [0.25, 0.3) is 5.91 Å². The van der Waals surface area contributed by atoms with E-state index in [9.17, 15) is 14.4 Å². The molecule has 108 valence electrons. The number of benzene rings is 1. The molecule has 0 aliphatic carbocycles. The van der Waals surface area contributed by atoms with Gasteiger partial charge >= 0.3 is 5.97 Å². The highest BCUT2D eigenvalue weighted by Crippen LogP contribution is 2.19. The highest BCUT2D eigenvalue weighted by atomic mass is 35.5. The molecule has 7 heteroatoms. The lowest BCUT2D eigenvalue weighted by molar-refractivity contribution is -0.135. The number of hydrogen-bond acceptors (Lipinski definition) is 3. The van der Waals surface area contributed by atoms with Crippen LogP contribution in [-0.4, -0.2) is 28.5 Å². The second-order valence-corrected chi connectivity index (χ2v) is 4.64. The van der Waals surface area contributed by atoms with Crippen molar-refractivity contribution >= 4 is 29.2 Å². The topological polar surface area (TPSA) is 90.5 Å². The lowest BCUT2D eigenvalue weighted by Crippen LogP contribution is -2.36. The van der Waals surface area contributed by atoms with E-state index < -0.39 is 18.4 Å². The van der Waals surface area contributed by atoms with Gasteiger partial charge in [0.15, 0.2) is 0 Å². The number of halogens is 1. The van der Waals surface area contributed by atoms with Gasteiger partial charge in [0, 0.05) is 23.0 Å². The van der Waals surface area contributed by atoms with Crippen molar-refractivity contribution in [3.05, 3.63) is 63.5 Å². The molecular weight excluding hydrogens is 296 g/mol. The van der Waals surface area contributed by atoms with Crippen molar-refractivity contribution in [2.75, 3.05) is 11.4 Å². The van der Waals surface area contributed by atoms with E-state index >= 15 is 0 Å². The molecule has 0 aliphatic rings. The summed E-state index contributed by atoms with van der Waals surface area (Å²) in [6.45, 7) is -0.500. The number of aromatic amines is 1. The third-order valence-electron chi connectivity index (χ3n) is 2.71. The largest absolute Gasteiger partial charge is 0.480 e. The molecule has 1 amide bonds. The summed E-state index contributed by atoms with van der Waals surface area (Å²) < 4.78 is 0. The number of pyridine rings is 1. The van der Waals surface area contributed by atoms with Gasteiger partial charge in [0.1, 0.15) is 6.54 Å². The smallest absolute Gasteiger partial charge is 0.323 e. The van der Waals surface area contributed by atoms with E-state index in [1.807, 2.05) is 0 Å². The molecule has 0 unspecified atom stereocenters. The minimum Gasteiger partial charge on any atom is -0.480 e. The summed E-state index contributed by atoms with van der Waals surface area (Å²) in [5.41, 5.74) is 0.242. The molecule has 0 fully saturated rings. The summed E-state index contributed by atoms with van der Waals surface area (Å²) in [6, 6.07) is 8.77. The maximum Gasteiger partial charge on any atom is 0.323 e. The number of aromatic nitrogens is 1. The molecule has 0 saturated carbocycles. The molecule has 0 bridgehead atoms. The monoisotopic (exact) mass is 306 g/mol. The number of anilines is 1. The summed E-state index contributed by atoms with van der Waals surface area (Å²) in [6.07, 6.45) is 1.25. The molecule has 0 atom stereocenters. The van der Waals surface area contributed by atoms with Crippen LogP contribution in [0.5, 0.6) is 0 Å². The van der Waals surface area contributed by atoms with Crippen LogP contribution in [0, 0.1) is 0 Å². The first kappa shape index (κ1) is 14.8. The Morgan fingerprint density at radius 1 is 1.14 bits per heavy atom. The third kappa shape index (κ3) is 3.70. The predicted molar refractivity (Wildman–Crippen MR) is 77.8 cm³/mol. The second kappa shape index (κ2) is 6.23. The predicted octanol–water partition coefficient (Wildman–Crippen LogP) is 1.76. The van der Waals surface area contributed by atoms with Crippen LogP contribution >= 0.6 is 11.6 Å². The molecule has 0 spiro atoms. The van der Waals surface area contributed by atoms with E-state index in [1.165, 1.54) is 18.3 Å². The van der Waals surface area contributed by atoms with E-state index in [1.54, 1.807) is 24.3 Å². The molecule has 6 nitrogen and oxygen atoms in total. The lowest BCUT2D eigenvalue weighted by atomic mass is 10.2. The van der Waals surface area contributed by atoms with Gasteiger partial charge in [-0.25, -0.2) is 0 Å². The maximum atomic E-state index is 12.4. The molecule has 2 rings (SSSR count). The SMILES string of the molecule is O=C(O)CN(C(=O)c1ccc(=O)[nH]c1)c1ccc(Cl)cc1. The number of aliphatic carboxylic acids is 1. The fourth-order valence-corrected chi connectivity index (χ4v) is 1.86. The number of rotatable bonds is 4. The van der Waals surface area contributed by atoms with E-state index in [4.69, 9.17) is 16.7 Å². The molecule has 21 heavy (non-hydrogen) atoms. The van der Waals surface area contributed by atoms with Gasteiger partial charge in [-0.15, -0.1) is 0 Å². The van der Waals surface area contributed by atoms with Crippen LogP contribution in [0.2, 0.25) is 5.02 Å². The maximum absolute atomic E-state index is 12.4. The quantitative estimate of drug-likeness (QED) is 0.900. The van der Waals surface area contributed by atoms with Crippen LogP contribution < -0.4 is 10.5 Å². The molecule has 2 N–H and O–H groups in total. The zero-order chi connectivity index (χ0) is 15.4. The first-order valence-electron chi connectivity index (χ1n) is 5.95. The number of H-pyrrole nitrogens is 1. The van der Waals surface area contributed by atoms with Gasteiger partial charge in [-0.2, -0.15) is 0 Å². The van der Waals surface area contributed by atoms with Crippen LogP contribution in [0.3, 0.4) is 0 Å². The minimum absolute atomic E-state index is 0.186. The first-order chi connectivity index (χ1) is 9.97. The summed E-state index contributed by atoms with van der Waals surface area (Å²) in [5, 5.41) is 9.44. The van der Waals surface area contributed by atoms with Gasteiger partial charge in [0.05, 0.1) is 5.56 Å². The van der Waals surface area contributed by atoms with E-state index in [-0.39, 0.29) is 11.1 Å². The van der Waals surface area contributed by atoms with Gasteiger partial charge in [0.2, 0.25) is 5.56 Å². The van der Waals surface area contributed by atoms with Crippen LogP contribution in [0.25, 0.3) is 0 Å². The average molecular weight is 307 g/mol. The Morgan fingerprint density at radius 2 is 1.81 bits per heavy atom. The summed E-state index contributed by atoms with van der Waals surface area (Å²) in [7, 11) is 0. The van der Waals surface area contributed by atoms with Crippen molar-refractivity contribution in [1.29, 1.82) is 0 Å². The molecule has 0 saturated heterocycles. The second-order valence-electron chi connectivity index (χ2n) is 4.20. The summed E-state index contributed by atoms with van der Waals surface area (Å²) in [5.74, 6) is -1.68. The number of carboxylic acids is 1. The van der Waals surface area contributed by atoms with Crippen molar-refractivity contribution in [1.82, 2.24) is 4.98 Å². The fraction of sp³-hybridized carbons (Fsp3) is 0.0714.